The summed E-state index contributed by atoms with van der Waals surface area (Å²) >= 11 is 5.65. The normalized spacial score (nSPS) is 11.7. The van der Waals surface area contributed by atoms with Crippen LogP contribution in [0.25, 0.3) is 0 Å². The predicted octanol–water partition coefficient (Wildman–Crippen LogP) is 2.20. The largest absolute Gasteiger partial charge is 0.493 e. The van der Waals surface area contributed by atoms with E-state index in [0.717, 1.165) is 5.56 Å². The fourth-order valence-electron chi connectivity index (χ4n) is 1.67. The van der Waals surface area contributed by atoms with Gasteiger partial charge in [0.05, 0.1) is 21.3 Å². The van der Waals surface area contributed by atoms with Crippen molar-refractivity contribution in [3.05, 3.63) is 17.7 Å². The molecule has 1 N–H and O–H groups in total. The number of rotatable bonds is 7. The van der Waals surface area contributed by atoms with Crippen LogP contribution in [0, 0.1) is 5.92 Å². The minimum Gasteiger partial charge on any atom is -0.493 e. The summed E-state index contributed by atoms with van der Waals surface area (Å²) in [5.41, 5.74) is 0.856. The summed E-state index contributed by atoms with van der Waals surface area (Å²) in [7, 11) is 4.65. The number of nitrogens with one attached hydrogen (secondary N) is 1. The van der Waals surface area contributed by atoms with Crippen LogP contribution < -0.4 is 19.5 Å². The molecule has 0 bridgehead atoms. The highest BCUT2D eigenvalue weighted by atomic mass is 35.5. The molecule has 0 aliphatic heterocycles. The van der Waals surface area contributed by atoms with Gasteiger partial charge >= 0.3 is 0 Å². The van der Waals surface area contributed by atoms with E-state index in [-0.39, 0.29) is 11.8 Å². The summed E-state index contributed by atoms with van der Waals surface area (Å²) in [6, 6.07) is 3.60. The van der Waals surface area contributed by atoms with Gasteiger partial charge in [0.15, 0.2) is 11.5 Å². The van der Waals surface area contributed by atoms with Crippen LogP contribution in [0.15, 0.2) is 12.1 Å². The van der Waals surface area contributed by atoms with Gasteiger partial charge in [-0.1, -0.05) is 6.92 Å². The van der Waals surface area contributed by atoms with E-state index >= 15 is 0 Å². The molecule has 1 aromatic carbocycles. The number of alkyl halides is 1. The quantitative estimate of drug-likeness (QED) is 0.785. The molecule has 1 amide bonds. The molecule has 112 valence electrons. The SMILES string of the molecule is COc1cc(CNC(=O)C(C)CCl)cc(OC)c1OC. The topological polar surface area (TPSA) is 56.8 Å². The number of hydrogen-bond donors (Lipinski definition) is 1. The molecule has 1 rings (SSSR count). The van der Waals surface area contributed by atoms with Crippen LogP contribution in [0.3, 0.4) is 0 Å². The van der Waals surface area contributed by atoms with Gasteiger partial charge in [0.1, 0.15) is 0 Å². The van der Waals surface area contributed by atoms with Crippen molar-refractivity contribution < 1.29 is 19.0 Å². The van der Waals surface area contributed by atoms with Gasteiger partial charge in [0.25, 0.3) is 0 Å². The number of methoxy groups -OCH3 is 3. The molecule has 0 radical (unpaired) electrons. The minimum absolute atomic E-state index is 0.0891. The van der Waals surface area contributed by atoms with Crippen LogP contribution in [0.5, 0.6) is 17.2 Å². The number of hydrogen-bond acceptors (Lipinski definition) is 4. The molecular formula is C14H20ClNO4. The molecule has 6 heteroatoms. The first-order valence-electron chi connectivity index (χ1n) is 6.19. The second-order valence-corrected chi connectivity index (χ2v) is 4.62. The molecule has 0 heterocycles. The van der Waals surface area contributed by atoms with Crippen molar-refractivity contribution in [3.8, 4) is 17.2 Å². The Labute approximate surface area is 124 Å². The smallest absolute Gasteiger partial charge is 0.224 e. The summed E-state index contributed by atoms with van der Waals surface area (Å²) in [6.07, 6.45) is 0. The highest BCUT2D eigenvalue weighted by molar-refractivity contribution is 6.19. The molecule has 0 saturated heterocycles. The molecule has 0 spiro atoms. The van der Waals surface area contributed by atoms with Gasteiger partial charge in [-0.05, 0) is 17.7 Å². The Morgan fingerprint density at radius 1 is 1.20 bits per heavy atom. The second-order valence-electron chi connectivity index (χ2n) is 4.31. The monoisotopic (exact) mass is 301 g/mol. The third-order valence-corrected chi connectivity index (χ3v) is 3.33. The van der Waals surface area contributed by atoms with E-state index in [0.29, 0.717) is 29.7 Å². The van der Waals surface area contributed by atoms with Crippen LogP contribution in [-0.2, 0) is 11.3 Å². The van der Waals surface area contributed by atoms with Crippen LogP contribution in [0.1, 0.15) is 12.5 Å². The summed E-state index contributed by atoms with van der Waals surface area (Å²) in [5.74, 6) is 1.62. The third kappa shape index (κ3) is 3.93. The molecule has 0 aliphatic rings. The minimum atomic E-state index is -0.223. The van der Waals surface area contributed by atoms with E-state index in [4.69, 9.17) is 25.8 Å². The third-order valence-electron chi connectivity index (χ3n) is 2.87. The Hall–Kier alpha value is -1.62. The van der Waals surface area contributed by atoms with Crippen molar-refractivity contribution >= 4 is 17.5 Å². The number of carbonyl (C=O) groups is 1. The number of benzene rings is 1. The zero-order valence-corrected chi connectivity index (χ0v) is 12.9. The number of ether oxygens (including phenoxy) is 3. The molecule has 1 atom stereocenters. The molecule has 1 aromatic rings. The molecule has 0 saturated carbocycles. The Kier molecular flexibility index (Phi) is 6.45. The Balaban J connectivity index is 2.88. The second kappa shape index (κ2) is 7.85. The molecule has 0 aromatic heterocycles. The van der Waals surface area contributed by atoms with Crippen LogP contribution >= 0.6 is 11.6 Å². The van der Waals surface area contributed by atoms with Crippen molar-refractivity contribution in [3.63, 3.8) is 0 Å². The van der Waals surface area contributed by atoms with E-state index in [9.17, 15) is 4.79 Å². The van der Waals surface area contributed by atoms with Gasteiger partial charge < -0.3 is 19.5 Å². The van der Waals surface area contributed by atoms with Crippen molar-refractivity contribution in [2.45, 2.75) is 13.5 Å². The summed E-state index contributed by atoms with van der Waals surface area (Å²) in [5, 5.41) is 2.81. The molecule has 5 nitrogen and oxygen atoms in total. The fraction of sp³-hybridized carbons (Fsp3) is 0.500. The number of amides is 1. The summed E-state index contributed by atoms with van der Waals surface area (Å²) in [6.45, 7) is 2.15. The predicted molar refractivity (Wildman–Crippen MR) is 77.8 cm³/mol. The lowest BCUT2D eigenvalue weighted by atomic mass is 10.1. The van der Waals surface area contributed by atoms with Crippen molar-refractivity contribution in [1.29, 1.82) is 0 Å². The van der Waals surface area contributed by atoms with Gasteiger partial charge in [-0.2, -0.15) is 0 Å². The lowest BCUT2D eigenvalue weighted by Gasteiger charge is -2.15. The van der Waals surface area contributed by atoms with Crippen LogP contribution in [0.4, 0.5) is 0 Å². The molecular weight excluding hydrogens is 282 g/mol. The van der Waals surface area contributed by atoms with E-state index in [2.05, 4.69) is 5.32 Å². The highest BCUT2D eigenvalue weighted by Gasteiger charge is 2.15. The average molecular weight is 302 g/mol. The van der Waals surface area contributed by atoms with Crippen LogP contribution in [-0.4, -0.2) is 33.1 Å². The number of carbonyl (C=O) groups excluding carboxylic acids is 1. The Morgan fingerprint density at radius 2 is 1.75 bits per heavy atom. The maximum Gasteiger partial charge on any atom is 0.224 e. The van der Waals surface area contributed by atoms with Gasteiger partial charge in [-0.3, -0.25) is 4.79 Å². The van der Waals surface area contributed by atoms with Crippen molar-refractivity contribution in [1.82, 2.24) is 5.32 Å². The van der Waals surface area contributed by atoms with Crippen molar-refractivity contribution in [2.24, 2.45) is 5.92 Å². The fourth-order valence-corrected chi connectivity index (χ4v) is 1.81. The Bertz CT molecular complexity index is 439. The van der Waals surface area contributed by atoms with Gasteiger partial charge in [0.2, 0.25) is 11.7 Å². The maximum absolute atomic E-state index is 11.7. The first-order valence-corrected chi connectivity index (χ1v) is 6.73. The molecule has 20 heavy (non-hydrogen) atoms. The summed E-state index contributed by atoms with van der Waals surface area (Å²) in [4.78, 5) is 11.7. The first-order chi connectivity index (χ1) is 9.57. The molecule has 1 unspecified atom stereocenters. The Morgan fingerprint density at radius 3 is 2.15 bits per heavy atom. The van der Waals surface area contributed by atoms with Gasteiger partial charge in [0, 0.05) is 18.3 Å². The maximum atomic E-state index is 11.7. The highest BCUT2D eigenvalue weighted by Crippen LogP contribution is 2.38. The van der Waals surface area contributed by atoms with E-state index in [1.807, 2.05) is 0 Å². The lowest BCUT2D eigenvalue weighted by molar-refractivity contribution is -0.124. The van der Waals surface area contributed by atoms with E-state index in [1.54, 1.807) is 40.4 Å². The lowest BCUT2D eigenvalue weighted by Crippen LogP contribution is -2.29. The van der Waals surface area contributed by atoms with E-state index in [1.165, 1.54) is 0 Å². The molecule has 0 fully saturated rings. The van der Waals surface area contributed by atoms with E-state index < -0.39 is 0 Å². The summed E-state index contributed by atoms with van der Waals surface area (Å²) < 4.78 is 15.8. The zero-order chi connectivity index (χ0) is 15.1. The zero-order valence-electron chi connectivity index (χ0n) is 12.2. The average Bonchev–Trinajstić information content (AvgIpc) is 2.50. The first kappa shape index (κ1) is 16.4. The van der Waals surface area contributed by atoms with Crippen LogP contribution in [0.2, 0.25) is 0 Å². The van der Waals surface area contributed by atoms with Gasteiger partial charge in [-0.25, -0.2) is 0 Å². The number of halogens is 1. The molecule has 0 aliphatic carbocycles. The van der Waals surface area contributed by atoms with Crippen molar-refractivity contribution in [2.75, 3.05) is 27.2 Å². The van der Waals surface area contributed by atoms with Gasteiger partial charge in [-0.15, -0.1) is 11.6 Å². The standard InChI is InChI=1S/C14H20ClNO4/c1-9(7-15)14(17)16-8-10-5-11(18-2)13(20-4)12(6-10)19-3/h5-6,9H,7-8H2,1-4H3,(H,16,17).